The molecule has 1 saturated heterocycles. The molecule has 0 spiro atoms. The maximum atomic E-state index is 13.1. The molecule has 0 unspecified atom stereocenters. The molecule has 4 amide bonds. The summed E-state index contributed by atoms with van der Waals surface area (Å²) >= 11 is 6.00. The predicted molar refractivity (Wildman–Crippen MR) is 118 cm³/mol. The third kappa shape index (κ3) is 3.83. The van der Waals surface area contributed by atoms with Crippen LogP contribution in [0.2, 0.25) is 5.02 Å². The van der Waals surface area contributed by atoms with Crippen LogP contribution in [0.25, 0.3) is 11.8 Å². The van der Waals surface area contributed by atoms with Crippen LogP contribution in [-0.4, -0.2) is 29.5 Å². The SMILES string of the molecule is COc1ccc(-n2c(C)ccc2/C=C2\C(=O)NC(=O)N(c3cccc(Cl)c3)C2=O)cc1. The maximum absolute atomic E-state index is 13.1. The number of urea groups is 1. The van der Waals surface area contributed by atoms with Gasteiger partial charge in [-0.1, -0.05) is 17.7 Å². The molecule has 1 fully saturated rings. The van der Waals surface area contributed by atoms with Gasteiger partial charge in [-0.2, -0.15) is 0 Å². The van der Waals surface area contributed by atoms with E-state index in [1.165, 1.54) is 12.1 Å². The molecule has 1 N–H and O–H groups in total. The molecule has 0 radical (unpaired) electrons. The van der Waals surface area contributed by atoms with Crippen LogP contribution in [0, 0.1) is 6.92 Å². The Morgan fingerprint density at radius 2 is 1.71 bits per heavy atom. The van der Waals surface area contributed by atoms with Gasteiger partial charge in [0.25, 0.3) is 11.8 Å². The molecular weight excluding hydrogens is 418 g/mol. The smallest absolute Gasteiger partial charge is 0.335 e. The van der Waals surface area contributed by atoms with E-state index in [0.717, 1.165) is 16.3 Å². The first-order valence-electron chi connectivity index (χ1n) is 9.39. The van der Waals surface area contributed by atoms with Crippen LogP contribution in [0.1, 0.15) is 11.4 Å². The fourth-order valence-corrected chi connectivity index (χ4v) is 3.59. The number of aromatic nitrogens is 1. The molecule has 31 heavy (non-hydrogen) atoms. The van der Waals surface area contributed by atoms with Crippen LogP contribution in [0.3, 0.4) is 0 Å². The lowest BCUT2D eigenvalue weighted by molar-refractivity contribution is -0.122. The maximum Gasteiger partial charge on any atom is 0.335 e. The Hall–Kier alpha value is -3.84. The van der Waals surface area contributed by atoms with E-state index in [0.29, 0.717) is 16.5 Å². The van der Waals surface area contributed by atoms with Gasteiger partial charge in [0.05, 0.1) is 12.8 Å². The first-order chi connectivity index (χ1) is 14.9. The minimum atomic E-state index is -0.823. The molecule has 8 heteroatoms. The number of nitrogens with one attached hydrogen (secondary N) is 1. The standard InChI is InChI=1S/C23H18ClN3O4/c1-14-6-7-18(26(14)16-8-10-19(31-2)11-9-16)13-20-21(28)25-23(30)27(22(20)29)17-5-3-4-15(24)12-17/h3-13H,1-2H3,(H,25,28,30)/b20-13+. The number of anilines is 1. The summed E-state index contributed by atoms with van der Waals surface area (Å²) in [5, 5.41) is 2.58. The summed E-state index contributed by atoms with van der Waals surface area (Å²) in [6.45, 7) is 1.91. The predicted octanol–water partition coefficient (Wildman–Crippen LogP) is 4.11. The molecular formula is C23H18ClN3O4. The van der Waals surface area contributed by atoms with Gasteiger partial charge in [-0.3, -0.25) is 14.9 Å². The normalized spacial score (nSPS) is 15.4. The van der Waals surface area contributed by atoms with Crippen molar-refractivity contribution in [3.63, 3.8) is 0 Å². The fraction of sp³-hybridized carbons (Fsp3) is 0.0870. The van der Waals surface area contributed by atoms with E-state index in [4.69, 9.17) is 16.3 Å². The number of methoxy groups -OCH3 is 1. The summed E-state index contributed by atoms with van der Waals surface area (Å²) < 4.78 is 7.10. The van der Waals surface area contributed by atoms with E-state index in [2.05, 4.69) is 5.32 Å². The number of benzene rings is 2. The Balaban J connectivity index is 1.76. The van der Waals surface area contributed by atoms with Crippen molar-refractivity contribution in [2.24, 2.45) is 0 Å². The number of carbonyl (C=O) groups excluding carboxylic acids is 3. The summed E-state index contributed by atoms with van der Waals surface area (Å²) in [5.74, 6) is -0.768. The van der Waals surface area contributed by atoms with Crippen LogP contribution in [0.15, 0.2) is 66.2 Å². The summed E-state index contributed by atoms with van der Waals surface area (Å²) in [7, 11) is 1.59. The highest BCUT2D eigenvalue weighted by molar-refractivity contribution is 6.39. The molecule has 3 aromatic rings. The van der Waals surface area contributed by atoms with Gasteiger partial charge in [0, 0.05) is 22.1 Å². The number of hydrogen-bond donors (Lipinski definition) is 1. The highest BCUT2D eigenvalue weighted by Crippen LogP contribution is 2.26. The Morgan fingerprint density at radius 1 is 0.968 bits per heavy atom. The molecule has 0 saturated carbocycles. The lowest BCUT2D eigenvalue weighted by Gasteiger charge is -2.26. The van der Waals surface area contributed by atoms with E-state index in [1.807, 2.05) is 41.8 Å². The first kappa shape index (κ1) is 20.4. The molecule has 2 aromatic carbocycles. The van der Waals surface area contributed by atoms with Crippen molar-refractivity contribution in [3.05, 3.63) is 82.6 Å². The van der Waals surface area contributed by atoms with Gasteiger partial charge in [0.2, 0.25) is 0 Å². The van der Waals surface area contributed by atoms with Gasteiger partial charge in [-0.25, -0.2) is 9.69 Å². The molecule has 1 aromatic heterocycles. The largest absolute Gasteiger partial charge is 0.497 e. The van der Waals surface area contributed by atoms with E-state index >= 15 is 0 Å². The summed E-state index contributed by atoms with van der Waals surface area (Å²) in [6.07, 6.45) is 1.47. The summed E-state index contributed by atoms with van der Waals surface area (Å²) in [4.78, 5) is 38.9. The minimum absolute atomic E-state index is 0.160. The zero-order valence-corrected chi connectivity index (χ0v) is 17.5. The Bertz CT molecular complexity index is 1230. The Morgan fingerprint density at radius 3 is 2.39 bits per heavy atom. The first-order valence-corrected chi connectivity index (χ1v) is 9.76. The molecule has 0 bridgehead atoms. The summed E-state index contributed by atoms with van der Waals surface area (Å²) in [5.41, 5.74) is 2.47. The zero-order chi connectivity index (χ0) is 22.1. The van der Waals surface area contributed by atoms with Crippen molar-refractivity contribution in [1.82, 2.24) is 9.88 Å². The molecule has 156 valence electrons. The zero-order valence-electron chi connectivity index (χ0n) is 16.8. The molecule has 0 aliphatic carbocycles. The lowest BCUT2D eigenvalue weighted by Crippen LogP contribution is -2.54. The average Bonchev–Trinajstić information content (AvgIpc) is 3.11. The molecule has 1 aliphatic heterocycles. The third-order valence-corrected chi connectivity index (χ3v) is 5.13. The topological polar surface area (TPSA) is 80.6 Å². The third-order valence-electron chi connectivity index (χ3n) is 4.90. The van der Waals surface area contributed by atoms with E-state index < -0.39 is 17.8 Å². The highest BCUT2D eigenvalue weighted by atomic mass is 35.5. The Labute approximate surface area is 183 Å². The van der Waals surface area contributed by atoms with Gasteiger partial charge in [-0.15, -0.1) is 0 Å². The molecule has 7 nitrogen and oxygen atoms in total. The number of aryl methyl sites for hydroxylation is 1. The fourth-order valence-electron chi connectivity index (χ4n) is 3.41. The number of barbiturate groups is 1. The van der Waals surface area contributed by atoms with E-state index in [1.54, 1.807) is 31.4 Å². The van der Waals surface area contributed by atoms with Crippen LogP contribution in [-0.2, 0) is 9.59 Å². The quantitative estimate of drug-likeness (QED) is 0.494. The van der Waals surface area contributed by atoms with Crippen molar-refractivity contribution in [2.45, 2.75) is 6.92 Å². The van der Waals surface area contributed by atoms with Crippen molar-refractivity contribution in [1.29, 1.82) is 0 Å². The number of imide groups is 2. The number of rotatable bonds is 4. The highest BCUT2D eigenvalue weighted by Gasteiger charge is 2.37. The van der Waals surface area contributed by atoms with Crippen LogP contribution < -0.4 is 15.0 Å². The number of amides is 4. The van der Waals surface area contributed by atoms with Crippen molar-refractivity contribution < 1.29 is 19.1 Å². The second kappa shape index (κ2) is 8.12. The van der Waals surface area contributed by atoms with Crippen molar-refractivity contribution in [2.75, 3.05) is 12.0 Å². The van der Waals surface area contributed by atoms with Crippen LogP contribution in [0.5, 0.6) is 5.75 Å². The van der Waals surface area contributed by atoms with Gasteiger partial charge in [0.1, 0.15) is 11.3 Å². The van der Waals surface area contributed by atoms with Crippen molar-refractivity contribution >= 4 is 41.2 Å². The Kier molecular flexibility index (Phi) is 5.35. The molecule has 0 atom stereocenters. The molecule has 2 heterocycles. The molecule has 4 rings (SSSR count). The number of ether oxygens (including phenoxy) is 1. The number of nitrogens with zero attached hydrogens (tertiary/aromatic N) is 2. The number of halogens is 1. The average molecular weight is 436 g/mol. The van der Waals surface area contributed by atoms with E-state index in [-0.39, 0.29) is 11.3 Å². The van der Waals surface area contributed by atoms with Gasteiger partial charge >= 0.3 is 6.03 Å². The van der Waals surface area contributed by atoms with Crippen molar-refractivity contribution in [3.8, 4) is 11.4 Å². The van der Waals surface area contributed by atoms with Crippen LogP contribution in [0.4, 0.5) is 10.5 Å². The second-order valence-electron chi connectivity index (χ2n) is 6.87. The molecule has 1 aliphatic rings. The van der Waals surface area contributed by atoms with Gasteiger partial charge < -0.3 is 9.30 Å². The lowest BCUT2D eigenvalue weighted by atomic mass is 10.1. The van der Waals surface area contributed by atoms with Gasteiger partial charge in [-0.05, 0) is 67.6 Å². The monoisotopic (exact) mass is 435 g/mol. The summed E-state index contributed by atoms with van der Waals surface area (Å²) in [6, 6.07) is 16.5. The minimum Gasteiger partial charge on any atom is -0.497 e. The van der Waals surface area contributed by atoms with Crippen LogP contribution >= 0.6 is 11.6 Å². The number of hydrogen-bond acceptors (Lipinski definition) is 4. The van der Waals surface area contributed by atoms with Gasteiger partial charge in [0.15, 0.2) is 0 Å². The number of carbonyl (C=O) groups is 3. The van der Waals surface area contributed by atoms with E-state index in [9.17, 15) is 14.4 Å². The second-order valence-corrected chi connectivity index (χ2v) is 7.31.